The van der Waals surface area contributed by atoms with Crippen LogP contribution in [0.5, 0.6) is 0 Å². The van der Waals surface area contributed by atoms with Crippen LogP contribution in [0, 0.1) is 17.5 Å². The van der Waals surface area contributed by atoms with Gasteiger partial charge in [0.1, 0.15) is 11.6 Å². The zero-order valence-electron chi connectivity index (χ0n) is 19.4. The number of fused-ring (bicyclic) bond motifs is 1. The first kappa shape index (κ1) is 24.3. The molecule has 37 heavy (non-hydrogen) atoms. The topological polar surface area (TPSA) is 83.6 Å². The molecule has 1 fully saturated rings. The van der Waals surface area contributed by atoms with Gasteiger partial charge in [0.05, 0.1) is 41.9 Å². The number of anilines is 3. The first-order valence-corrected chi connectivity index (χ1v) is 11.5. The van der Waals surface area contributed by atoms with Gasteiger partial charge in [0, 0.05) is 35.8 Å². The SMILES string of the molecule is O=C(Nc1cccc(F)c1)Nc1cc(F)cc(C(=O)c2ccc3ncc(N4CCOCC4)cc3c2)c1F. The summed E-state index contributed by atoms with van der Waals surface area (Å²) in [5, 5.41) is 5.17. The Hall–Kier alpha value is -4.44. The second kappa shape index (κ2) is 10.3. The Labute approximate surface area is 209 Å². The summed E-state index contributed by atoms with van der Waals surface area (Å²) >= 11 is 0. The molecule has 7 nitrogen and oxygen atoms in total. The number of morpholine rings is 1. The molecule has 2 heterocycles. The molecule has 0 saturated carbocycles. The first-order chi connectivity index (χ1) is 17.9. The number of nitrogens with one attached hydrogen (secondary N) is 2. The van der Waals surface area contributed by atoms with Crippen molar-refractivity contribution in [1.29, 1.82) is 0 Å². The normalized spacial score (nSPS) is 13.4. The van der Waals surface area contributed by atoms with Crippen LogP contribution in [0.15, 0.2) is 66.9 Å². The number of aromatic nitrogens is 1. The maximum atomic E-state index is 15.3. The van der Waals surface area contributed by atoms with Crippen molar-refractivity contribution in [1.82, 2.24) is 4.98 Å². The number of benzene rings is 3. The van der Waals surface area contributed by atoms with E-state index in [1.807, 2.05) is 6.07 Å². The summed E-state index contributed by atoms with van der Waals surface area (Å²) < 4.78 is 48.3. The molecule has 3 aromatic carbocycles. The molecule has 0 aliphatic carbocycles. The van der Waals surface area contributed by atoms with Gasteiger partial charge in [-0.1, -0.05) is 6.07 Å². The third-order valence-corrected chi connectivity index (χ3v) is 5.92. The summed E-state index contributed by atoms with van der Waals surface area (Å²) in [7, 11) is 0. The van der Waals surface area contributed by atoms with Crippen LogP contribution in [0.4, 0.5) is 35.0 Å². The molecule has 2 N–H and O–H groups in total. The third-order valence-electron chi connectivity index (χ3n) is 5.92. The molecule has 1 aromatic heterocycles. The predicted molar refractivity (Wildman–Crippen MR) is 134 cm³/mol. The smallest absolute Gasteiger partial charge is 0.323 e. The van der Waals surface area contributed by atoms with Crippen molar-refractivity contribution in [2.45, 2.75) is 0 Å². The second-order valence-corrected chi connectivity index (χ2v) is 8.43. The molecule has 0 unspecified atom stereocenters. The summed E-state index contributed by atoms with van der Waals surface area (Å²) in [4.78, 5) is 32.0. The van der Waals surface area contributed by atoms with E-state index < -0.39 is 40.5 Å². The Morgan fingerprint density at radius 3 is 2.49 bits per heavy atom. The van der Waals surface area contributed by atoms with Gasteiger partial charge >= 0.3 is 6.03 Å². The number of rotatable bonds is 5. The Morgan fingerprint density at radius 2 is 1.70 bits per heavy atom. The average molecular weight is 506 g/mol. The van der Waals surface area contributed by atoms with Crippen molar-refractivity contribution in [3.05, 3.63) is 95.4 Å². The van der Waals surface area contributed by atoms with E-state index in [4.69, 9.17) is 4.74 Å². The molecule has 0 radical (unpaired) electrons. The molecule has 1 aliphatic rings. The van der Waals surface area contributed by atoms with Crippen molar-refractivity contribution >= 4 is 39.8 Å². The van der Waals surface area contributed by atoms with Crippen molar-refractivity contribution in [3.63, 3.8) is 0 Å². The number of halogens is 3. The second-order valence-electron chi connectivity index (χ2n) is 8.43. The minimum absolute atomic E-state index is 0.117. The first-order valence-electron chi connectivity index (χ1n) is 11.5. The standard InChI is InChI=1S/C27H21F3N4O3/c28-18-2-1-3-20(12-18)32-27(36)33-24-14-19(29)13-22(25(24)30)26(35)16-4-5-23-17(10-16)11-21(15-31-23)34-6-8-37-9-7-34/h1-5,10-15H,6-9H2,(H2,32,33,36). The minimum Gasteiger partial charge on any atom is -0.378 e. The molecule has 10 heteroatoms. The summed E-state index contributed by atoms with van der Waals surface area (Å²) in [5.74, 6) is -3.35. The van der Waals surface area contributed by atoms with Crippen LogP contribution in [-0.2, 0) is 4.74 Å². The summed E-state index contributed by atoms with van der Waals surface area (Å²) in [6, 6.07) is 12.3. The fourth-order valence-electron chi connectivity index (χ4n) is 4.11. The van der Waals surface area contributed by atoms with Crippen LogP contribution in [0.1, 0.15) is 15.9 Å². The van der Waals surface area contributed by atoms with Crippen LogP contribution in [0.25, 0.3) is 10.9 Å². The van der Waals surface area contributed by atoms with Gasteiger partial charge in [-0.25, -0.2) is 18.0 Å². The number of carbonyl (C=O) groups is 2. The van der Waals surface area contributed by atoms with Crippen molar-refractivity contribution in [3.8, 4) is 0 Å². The maximum absolute atomic E-state index is 15.3. The van der Waals surface area contributed by atoms with Crippen LogP contribution in [0.3, 0.4) is 0 Å². The molecule has 1 aliphatic heterocycles. The highest BCUT2D eigenvalue weighted by Gasteiger charge is 2.21. The van der Waals surface area contributed by atoms with Gasteiger partial charge in [0.2, 0.25) is 0 Å². The monoisotopic (exact) mass is 506 g/mol. The molecule has 0 bridgehead atoms. The lowest BCUT2D eigenvalue weighted by atomic mass is 10.00. The van der Waals surface area contributed by atoms with Gasteiger partial charge in [0.15, 0.2) is 11.6 Å². The highest BCUT2D eigenvalue weighted by Crippen LogP contribution is 2.26. The van der Waals surface area contributed by atoms with E-state index in [1.165, 1.54) is 24.3 Å². The van der Waals surface area contributed by atoms with Gasteiger partial charge < -0.3 is 20.3 Å². The summed E-state index contributed by atoms with van der Waals surface area (Å²) in [5.41, 5.74) is 0.685. The van der Waals surface area contributed by atoms with E-state index in [9.17, 15) is 18.4 Å². The Morgan fingerprint density at radius 1 is 0.892 bits per heavy atom. The molecule has 1 saturated heterocycles. The van der Waals surface area contributed by atoms with Gasteiger partial charge in [0.25, 0.3) is 0 Å². The van der Waals surface area contributed by atoms with E-state index in [0.29, 0.717) is 37.2 Å². The number of hydrogen-bond donors (Lipinski definition) is 2. The number of ketones is 1. The van der Waals surface area contributed by atoms with Gasteiger partial charge in [-0.15, -0.1) is 0 Å². The van der Waals surface area contributed by atoms with E-state index in [1.54, 1.807) is 18.3 Å². The maximum Gasteiger partial charge on any atom is 0.323 e. The fraction of sp³-hybridized carbons (Fsp3) is 0.148. The Bertz CT molecular complexity index is 1510. The number of carbonyl (C=O) groups excluding carboxylic acids is 2. The van der Waals surface area contributed by atoms with Gasteiger partial charge in [-0.2, -0.15) is 0 Å². The fourth-order valence-corrected chi connectivity index (χ4v) is 4.11. The van der Waals surface area contributed by atoms with E-state index >= 15 is 4.39 Å². The lowest BCUT2D eigenvalue weighted by Crippen LogP contribution is -2.36. The van der Waals surface area contributed by atoms with E-state index in [-0.39, 0.29) is 11.3 Å². The molecule has 5 rings (SSSR count). The molecular formula is C27H21F3N4O3. The lowest BCUT2D eigenvalue weighted by Gasteiger charge is -2.28. The predicted octanol–water partition coefficient (Wildman–Crippen LogP) is 5.36. The highest BCUT2D eigenvalue weighted by atomic mass is 19.1. The van der Waals surface area contributed by atoms with Crippen LogP contribution in [0.2, 0.25) is 0 Å². The van der Waals surface area contributed by atoms with Crippen molar-refractivity contribution in [2.75, 3.05) is 41.8 Å². The van der Waals surface area contributed by atoms with Gasteiger partial charge in [-0.05, 0) is 48.5 Å². The molecule has 188 valence electrons. The lowest BCUT2D eigenvalue weighted by molar-refractivity contribution is 0.103. The number of urea groups is 1. The highest BCUT2D eigenvalue weighted by molar-refractivity contribution is 6.11. The zero-order chi connectivity index (χ0) is 25.9. The number of hydrogen-bond acceptors (Lipinski definition) is 5. The number of amides is 2. The minimum atomic E-state index is -1.10. The van der Waals surface area contributed by atoms with E-state index in [0.717, 1.165) is 23.9 Å². The zero-order valence-corrected chi connectivity index (χ0v) is 19.4. The summed E-state index contributed by atoms with van der Waals surface area (Å²) in [6.45, 7) is 2.63. The molecule has 0 atom stereocenters. The molecule has 0 spiro atoms. The van der Waals surface area contributed by atoms with Crippen LogP contribution >= 0.6 is 0 Å². The number of ether oxygens (including phenoxy) is 1. The number of nitrogens with zero attached hydrogens (tertiary/aromatic N) is 2. The third kappa shape index (κ3) is 5.39. The largest absolute Gasteiger partial charge is 0.378 e. The average Bonchev–Trinajstić information content (AvgIpc) is 2.90. The van der Waals surface area contributed by atoms with Gasteiger partial charge in [-0.3, -0.25) is 9.78 Å². The summed E-state index contributed by atoms with van der Waals surface area (Å²) in [6.07, 6.45) is 1.74. The molecule has 4 aromatic rings. The van der Waals surface area contributed by atoms with Crippen LogP contribution < -0.4 is 15.5 Å². The van der Waals surface area contributed by atoms with E-state index in [2.05, 4.69) is 20.5 Å². The molecule has 2 amide bonds. The quantitative estimate of drug-likeness (QED) is 0.356. The van der Waals surface area contributed by atoms with Crippen molar-refractivity contribution < 1.29 is 27.5 Å². The molecular weight excluding hydrogens is 485 g/mol. The number of pyridine rings is 1. The Kier molecular flexibility index (Phi) is 6.74. The Balaban J connectivity index is 1.40. The van der Waals surface area contributed by atoms with Crippen LogP contribution in [-0.4, -0.2) is 43.1 Å². The van der Waals surface area contributed by atoms with Crippen molar-refractivity contribution in [2.24, 2.45) is 0 Å².